The van der Waals surface area contributed by atoms with Crippen LogP contribution in [0.1, 0.15) is 38.9 Å². The largest absolute Gasteiger partial charge is 0.618 e. The van der Waals surface area contributed by atoms with Crippen LogP contribution in [0.4, 0.5) is 5.69 Å². The smallest absolute Gasteiger partial charge is 0.233 e. The Morgan fingerprint density at radius 2 is 1.16 bits per heavy atom. The molecule has 0 aliphatic carbocycles. The monoisotopic (exact) mass is 415 g/mol. The number of benzene rings is 4. The van der Waals surface area contributed by atoms with Crippen LogP contribution in [-0.4, -0.2) is 10.5 Å². The minimum absolute atomic E-state index is 0.696. The van der Waals surface area contributed by atoms with E-state index in [4.69, 9.17) is 0 Å². The second-order valence-corrected chi connectivity index (χ2v) is 8.51. The molecule has 0 aromatic heterocycles. The molecule has 4 aromatic rings. The van der Waals surface area contributed by atoms with Gasteiger partial charge in [0.2, 0.25) is 11.4 Å². The van der Waals surface area contributed by atoms with E-state index >= 15 is 0 Å². The lowest BCUT2D eigenvalue weighted by atomic mass is 9.85. The molecule has 1 aliphatic rings. The van der Waals surface area contributed by atoms with Gasteiger partial charge in [0, 0.05) is 17.2 Å². The summed E-state index contributed by atoms with van der Waals surface area (Å²) in [5, 5.41) is 13.6. The van der Waals surface area contributed by atoms with E-state index in [-0.39, 0.29) is 0 Å². The average molecular weight is 416 g/mol. The van der Waals surface area contributed by atoms with Crippen LogP contribution < -0.4 is 0 Å². The molecule has 0 bridgehead atoms. The third-order valence-corrected chi connectivity index (χ3v) is 6.06. The van der Waals surface area contributed by atoms with Gasteiger partial charge in [0.1, 0.15) is 0 Å². The molecular weight excluding hydrogens is 390 g/mol. The molecule has 0 spiro atoms. The maximum absolute atomic E-state index is 13.6. The van der Waals surface area contributed by atoms with Crippen molar-refractivity contribution in [2.75, 3.05) is 0 Å². The van der Waals surface area contributed by atoms with Crippen LogP contribution >= 0.6 is 0 Å². The second-order valence-electron chi connectivity index (χ2n) is 8.51. The van der Waals surface area contributed by atoms with Gasteiger partial charge in [-0.25, -0.2) is 0 Å². The lowest BCUT2D eigenvalue weighted by molar-refractivity contribution is -0.355. The highest BCUT2D eigenvalue weighted by atomic mass is 16.5. The summed E-state index contributed by atoms with van der Waals surface area (Å²) < 4.78 is 1.10. The molecule has 0 fully saturated rings. The quantitative estimate of drug-likeness (QED) is 0.256. The van der Waals surface area contributed by atoms with Crippen LogP contribution in [0.15, 0.2) is 97.1 Å². The highest BCUT2D eigenvalue weighted by molar-refractivity contribution is 6.38. The fourth-order valence-corrected chi connectivity index (χ4v) is 4.38. The van der Waals surface area contributed by atoms with Gasteiger partial charge >= 0.3 is 0 Å². The van der Waals surface area contributed by atoms with E-state index in [1.807, 2.05) is 42.5 Å². The van der Waals surface area contributed by atoms with Crippen LogP contribution in [-0.2, 0) is 0 Å². The Balaban J connectivity index is 1.91. The van der Waals surface area contributed by atoms with E-state index < -0.39 is 0 Å². The number of allylic oxidation sites excluding steroid dienone is 1. The van der Waals surface area contributed by atoms with Gasteiger partial charge in [-0.05, 0) is 50.1 Å². The summed E-state index contributed by atoms with van der Waals surface area (Å²) in [7, 11) is 0. The maximum Gasteiger partial charge on any atom is 0.233 e. The summed E-state index contributed by atoms with van der Waals surface area (Å²) in [4.78, 5) is 0. The zero-order valence-corrected chi connectivity index (χ0v) is 18.6. The predicted molar refractivity (Wildman–Crippen MR) is 133 cm³/mol. The molecule has 2 heteroatoms. The first-order valence-corrected chi connectivity index (χ1v) is 10.9. The van der Waals surface area contributed by atoms with Crippen molar-refractivity contribution < 1.29 is 4.74 Å². The van der Waals surface area contributed by atoms with E-state index in [0.29, 0.717) is 11.4 Å². The Kier molecular flexibility index (Phi) is 4.99. The first kappa shape index (κ1) is 20.0. The summed E-state index contributed by atoms with van der Waals surface area (Å²) in [5.74, 6) is 0. The molecule has 0 atom stereocenters. The van der Waals surface area contributed by atoms with E-state index in [1.54, 1.807) is 0 Å². The minimum atomic E-state index is 0.696. The molecule has 0 saturated heterocycles. The van der Waals surface area contributed by atoms with Crippen molar-refractivity contribution in [2.24, 2.45) is 0 Å². The number of hydrogen-bond donors (Lipinski definition) is 0. The van der Waals surface area contributed by atoms with E-state index in [9.17, 15) is 5.21 Å². The van der Waals surface area contributed by atoms with Crippen molar-refractivity contribution in [3.63, 3.8) is 0 Å². The number of fused-ring (bicyclic) bond motifs is 1. The molecule has 2 nitrogen and oxygen atoms in total. The van der Waals surface area contributed by atoms with Crippen LogP contribution in [0.25, 0.3) is 11.1 Å². The van der Waals surface area contributed by atoms with Gasteiger partial charge in [-0.2, -0.15) is 4.74 Å². The Hall–Kier alpha value is -3.91. The summed E-state index contributed by atoms with van der Waals surface area (Å²) in [6.07, 6.45) is 0. The van der Waals surface area contributed by atoms with Crippen molar-refractivity contribution in [3.8, 4) is 0 Å². The zero-order chi connectivity index (χ0) is 22.2. The average Bonchev–Trinajstić information content (AvgIpc) is 3.08. The summed E-state index contributed by atoms with van der Waals surface area (Å²) in [6, 6.07) is 33.2. The number of rotatable bonds is 3. The number of aryl methyl sites for hydroxylation is 3. The van der Waals surface area contributed by atoms with Crippen molar-refractivity contribution in [1.82, 2.24) is 0 Å². The molecule has 156 valence electrons. The standard InChI is InChI=1S/C30H25NO/c1-20-9-14-23(15-10-20)28(24-16-11-21(2)12-17-24)29-26-19-22(3)13-18-27(26)31(32)30(29)25-7-5-4-6-8-25/h4-19H,1-3H3. The fraction of sp³-hybridized carbons (Fsp3) is 0.100. The van der Waals surface area contributed by atoms with Gasteiger partial charge in [-0.1, -0.05) is 89.5 Å². The zero-order valence-electron chi connectivity index (χ0n) is 18.6. The fourth-order valence-electron chi connectivity index (χ4n) is 4.38. The third kappa shape index (κ3) is 3.44. The normalized spacial score (nSPS) is 12.8. The van der Waals surface area contributed by atoms with Crippen LogP contribution in [0, 0.1) is 26.0 Å². The molecular formula is C30H25NO. The first-order chi connectivity index (χ1) is 15.5. The van der Waals surface area contributed by atoms with Crippen molar-refractivity contribution >= 4 is 22.5 Å². The van der Waals surface area contributed by atoms with Gasteiger partial charge in [0.15, 0.2) is 0 Å². The summed E-state index contributed by atoms with van der Waals surface area (Å²) in [5.41, 5.74) is 11.1. The molecule has 0 N–H and O–H groups in total. The molecule has 1 aliphatic heterocycles. The highest BCUT2D eigenvalue weighted by Crippen LogP contribution is 2.43. The molecule has 0 saturated carbocycles. The number of hydrogen-bond acceptors (Lipinski definition) is 1. The van der Waals surface area contributed by atoms with Gasteiger partial charge < -0.3 is 5.21 Å². The summed E-state index contributed by atoms with van der Waals surface area (Å²) in [6.45, 7) is 6.26. The Morgan fingerprint density at radius 1 is 0.625 bits per heavy atom. The number of nitrogens with zero attached hydrogens (tertiary/aromatic N) is 1. The Labute approximate surface area is 189 Å². The van der Waals surface area contributed by atoms with Gasteiger partial charge in [0.25, 0.3) is 0 Å². The van der Waals surface area contributed by atoms with Gasteiger partial charge in [-0.3, -0.25) is 0 Å². The third-order valence-electron chi connectivity index (χ3n) is 6.06. The van der Waals surface area contributed by atoms with E-state index in [1.165, 1.54) is 11.1 Å². The second kappa shape index (κ2) is 7.97. The van der Waals surface area contributed by atoms with Crippen LogP contribution in [0.3, 0.4) is 0 Å². The molecule has 0 radical (unpaired) electrons. The molecule has 1 heterocycles. The molecule has 32 heavy (non-hydrogen) atoms. The SMILES string of the molecule is Cc1ccc(C(=C2C(c3ccccc3)=[N+]([O-])c3ccc(C)cc32)c2ccc(C)cc2)cc1. The maximum atomic E-state index is 13.6. The van der Waals surface area contributed by atoms with Crippen LogP contribution in [0.5, 0.6) is 0 Å². The highest BCUT2D eigenvalue weighted by Gasteiger charge is 2.36. The lowest BCUT2D eigenvalue weighted by Crippen LogP contribution is -2.10. The van der Waals surface area contributed by atoms with Gasteiger partial charge in [0.05, 0.1) is 11.1 Å². The van der Waals surface area contributed by atoms with E-state index in [0.717, 1.165) is 43.7 Å². The first-order valence-electron chi connectivity index (χ1n) is 10.9. The van der Waals surface area contributed by atoms with Crippen molar-refractivity contribution in [1.29, 1.82) is 0 Å². The molecule has 5 rings (SSSR count). The van der Waals surface area contributed by atoms with E-state index in [2.05, 4.69) is 75.4 Å². The summed E-state index contributed by atoms with van der Waals surface area (Å²) >= 11 is 0. The molecule has 0 amide bonds. The topological polar surface area (TPSA) is 26.1 Å². The Morgan fingerprint density at radius 3 is 1.72 bits per heavy atom. The minimum Gasteiger partial charge on any atom is -0.618 e. The van der Waals surface area contributed by atoms with Gasteiger partial charge in [-0.15, -0.1) is 0 Å². The lowest BCUT2D eigenvalue weighted by Gasteiger charge is -2.14. The molecule has 4 aromatic carbocycles. The predicted octanol–water partition coefficient (Wildman–Crippen LogP) is 7.22. The molecule has 0 unspecified atom stereocenters. The van der Waals surface area contributed by atoms with Crippen molar-refractivity contribution in [3.05, 3.63) is 141 Å². The Bertz CT molecular complexity index is 1310. The van der Waals surface area contributed by atoms with Crippen molar-refractivity contribution in [2.45, 2.75) is 20.8 Å². The van der Waals surface area contributed by atoms with Crippen LogP contribution in [0.2, 0.25) is 0 Å².